The van der Waals surface area contributed by atoms with Crippen molar-refractivity contribution < 1.29 is 4.74 Å². The van der Waals surface area contributed by atoms with E-state index in [9.17, 15) is 0 Å². The third-order valence-electron chi connectivity index (χ3n) is 1.78. The van der Waals surface area contributed by atoms with Crippen molar-refractivity contribution >= 4 is 0 Å². The SMILES string of the molecule is CC(C)N1CCOCC1.CN(C)C. The van der Waals surface area contributed by atoms with E-state index in [-0.39, 0.29) is 0 Å². The van der Waals surface area contributed by atoms with Gasteiger partial charge in [-0.3, -0.25) is 4.90 Å². The summed E-state index contributed by atoms with van der Waals surface area (Å²) in [6.45, 7) is 8.50. The Kier molecular flexibility index (Phi) is 7.23. The summed E-state index contributed by atoms with van der Waals surface area (Å²) in [5, 5.41) is 0. The monoisotopic (exact) mass is 188 g/mol. The minimum Gasteiger partial charge on any atom is -0.379 e. The van der Waals surface area contributed by atoms with Crippen LogP contribution in [-0.2, 0) is 4.74 Å². The summed E-state index contributed by atoms with van der Waals surface area (Å²) in [4.78, 5) is 4.43. The largest absolute Gasteiger partial charge is 0.379 e. The van der Waals surface area contributed by atoms with Gasteiger partial charge in [0.05, 0.1) is 13.2 Å². The van der Waals surface area contributed by atoms with Crippen LogP contribution in [0.2, 0.25) is 0 Å². The maximum Gasteiger partial charge on any atom is 0.0594 e. The van der Waals surface area contributed by atoms with Crippen molar-refractivity contribution in [1.82, 2.24) is 9.80 Å². The van der Waals surface area contributed by atoms with Crippen molar-refractivity contribution in [3.8, 4) is 0 Å². The van der Waals surface area contributed by atoms with E-state index in [1.165, 1.54) is 0 Å². The van der Waals surface area contributed by atoms with Crippen LogP contribution in [0.25, 0.3) is 0 Å². The highest BCUT2D eigenvalue weighted by molar-refractivity contribution is 4.64. The third-order valence-corrected chi connectivity index (χ3v) is 1.78. The zero-order valence-electron chi connectivity index (χ0n) is 9.71. The molecule has 0 aromatic heterocycles. The molecule has 80 valence electrons. The van der Waals surface area contributed by atoms with E-state index in [1.54, 1.807) is 0 Å². The van der Waals surface area contributed by atoms with Gasteiger partial charge in [0.2, 0.25) is 0 Å². The van der Waals surface area contributed by atoms with Gasteiger partial charge in [-0.15, -0.1) is 0 Å². The summed E-state index contributed by atoms with van der Waals surface area (Å²) in [5.41, 5.74) is 0. The zero-order chi connectivity index (χ0) is 10.3. The second-order valence-corrected chi connectivity index (χ2v) is 4.08. The van der Waals surface area contributed by atoms with E-state index < -0.39 is 0 Å². The Labute approximate surface area is 82.7 Å². The molecule has 0 N–H and O–H groups in total. The van der Waals surface area contributed by atoms with Crippen LogP contribution in [0.15, 0.2) is 0 Å². The Morgan fingerprint density at radius 3 is 1.69 bits per heavy atom. The van der Waals surface area contributed by atoms with E-state index in [0.717, 1.165) is 26.3 Å². The molecule has 0 aromatic rings. The zero-order valence-corrected chi connectivity index (χ0v) is 9.71. The highest BCUT2D eigenvalue weighted by atomic mass is 16.5. The Morgan fingerprint density at radius 2 is 1.46 bits per heavy atom. The van der Waals surface area contributed by atoms with Gasteiger partial charge in [-0.1, -0.05) is 0 Å². The molecule has 0 unspecified atom stereocenters. The molecule has 3 nitrogen and oxygen atoms in total. The third kappa shape index (κ3) is 8.22. The molecule has 1 aliphatic rings. The van der Waals surface area contributed by atoms with E-state index in [0.29, 0.717) is 6.04 Å². The molecule has 0 saturated carbocycles. The fourth-order valence-electron chi connectivity index (χ4n) is 1.09. The van der Waals surface area contributed by atoms with Crippen LogP contribution < -0.4 is 0 Å². The first-order valence-electron chi connectivity index (χ1n) is 4.96. The highest BCUT2D eigenvalue weighted by Gasteiger charge is 2.11. The normalized spacial score (nSPS) is 18.7. The molecule has 0 amide bonds. The van der Waals surface area contributed by atoms with Gasteiger partial charge in [-0.25, -0.2) is 0 Å². The van der Waals surface area contributed by atoms with E-state index >= 15 is 0 Å². The lowest BCUT2D eigenvalue weighted by molar-refractivity contribution is 0.0238. The molecule has 0 bridgehead atoms. The first kappa shape index (κ1) is 12.9. The van der Waals surface area contributed by atoms with E-state index in [1.807, 2.05) is 26.0 Å². The van der Waals surface area contributed by atoms with Gasteiger partial charge in [-0.2, -0.15) is 0 Å². The lowest BCUT2D eigenvalue weighted by atomic mass is 10.3. The molecular formula is C10H24N2O. The van der Waals surface area contributed by atoms with Crippen LogP contribution in [0.3, 0.4) is 0 Å². The van der Waals surface area contributed by atoms with Gasteiger partial charge >= 0.3 is 0 Å². The van der Waals surface area contributed by atoms with Gasteiger partial charge in [0.1, 0.15) is 0 Å². The predicted molar refractivity (Wildman–Crippen MR) is 57.1 cm³/mol. The first-order chi connectivity index (χ1) is 6.04. The molecule has 0 radical (unpaired) electrons. The number of morpholine rings is 1. The van der Waals surface area contributed by atoms with Crippen LogP contribution in [0.4, 0.5) is 0 Å². The summed E-state index contributed by atoms with van der Waals surface area (Å²) < 4.78 is 5.21. The van der Waals surface area contributed by atoms with Crippen LogP contribution in [0, 0.1) is 0 Å². The minimum absolute atomic E-state index is 0.689. The lowest BCUT2D eigenvalue weighted by Crippen LogP contribution is -2.40. The molecule has 3 heteroatoms. The molecule has 1 rings (SSSR count). The molecule has 1 aliphatic heterocycles. The maximum atomic E-state index is 5.21. The molecule has 1 fully saturated rings. The quantitative estimate of drug-likeness (QED) is 0.608. The van der Waals surface area contributed by atoms with Crippen molar-refractivity contribution in [3.63, 3.8) is 0 Å². The fourth-order valence-corrected chi connectivity index (χ4v) is 1.09. The molecular weight excluding hydrogens is 164 g/mol. The average Bonchev–Trinajstić information content (AvgIpc) is 2.05. The number of rotatable bonds is 1. The van der Waals surface area contributed by atoms with Gasteiger partial charge in [-0.05, 0) is 35.0 Å². The molecule has 0 aliphatic carbocycles. The van der Waals surface area contributed by atoms with Crippen LogP contribution >= 0.6 is 0 Å². The van der Waals surface area contributed by atoms with Crippen LogP contribution in [0.1, 0.15) is 13.8 Å². The Bertz CT molecular complexity index is 107. The summed E-state index contributed by atoms with van der Waals surface area (Å²) in [6, 6.07) is 0.689. The maximum absolute atomic E-state index is 5.21. The van der Waals surface area contributed by atoms with Crippen molar-refractivity contribution in [2.24, 2.45) is 0 Å². The summed E-state index contributed by atoms with van der Waals surface area (Å²) >= 11 is 0. The number of hydrogen-bond donors (Lipinski definition) is 0. The minimum atomic E-state index is 0.689. The molecule has 0 atom stereocenters. The molecule has 0 spiro atoms. The smallest absolute Gasteiger partial charge is 0.0594 e. The first-order valence-corrected chi connectivity index (χ1v) is 4.96. The lowest BCUT2D eigenvalue weighted by Gasteiger charge is -2.29. The molecule has 1 heterocycles. The fraction of sp³-hybridized carbons (Fsp3) is 1.00. The second-order valence-electron chi connectivity index (χ2n) is 4.08. The Morgan fingerprint density at radius 1 is 1.08 bits per heavy atom. The summed E-state index contributed by atoms with van der Waals surface area (Å²) in [6.07, 6.45) is 0. The van der Waals surface area contributed by atoms with Gasteiger partial charge in [0.25, 0.3) is 0 Å². The number of ether oxygens (including phenoxy) is 1. The van der Waals surface area contributed by atoms with Gasteiger partial charge < -0.3 is 9.64 Å². The van der Waals surface area contributed by atoms with Crippen molar-refractivity contribution in [2.45, 2.75) is 19.9 Å². The van der Waals surface area contributed by atoms with Crippen molar-refractivity contribution in [1.29, 1.82) is 0 Å². The average molecular weight is 188 g/mol. The number of hydrogen-bond acceptors (Lipinski definition) is 3. The van der Waals surface area contributed by atoms with Gasteiger partial charge in [0, 0.05) is 19.1 Å². The highest BCUT2D eigenvalue weighted by Crippen LogP contribution is 2.01. The Balaban J connectivity index is 0.000000310. The molecule has 1 saturated heterocycles. The van der Waals surface area contributed by atoms with Crippen molar-refractivity contribution in [3.05, 3.63) is 0 Å². The van der Waals surface area contributed by atoms with E-state index in [4.69, 9.17) is 4.74 Å². The second kappa shape index (κ2) is 7.30. The molecule has 13 heavy (non-hydrogen) atoms. The number of nitrogens with zero attached hydrogens (tertiary/aromatic N) is 2. The van der Waals surface area contributed by atoms with E-state index in [2.05, 4.69) is 18.7 Å². The summed E-state index contributed by atoms with van der Waals surface area (Å²) in [7, 11) is 6.00. The van der Waals surface area contributed by atoms with Gasteiger partial charge in [0.15, 0.2) is 0 Å². The standard InChI is InChI=1S/C7H15NO.C3H9N/c1-7(2)8-3-5-9-6-4-8;1-4(2)3/h7H,3-6H2,1-2H3;1-3H3. The van der Waals surface area contributed by atoms with Crippen LogP contribution in [-0.4, -0.2) is 63.3 Å². The Hall–Kier alpha value is -0.120. The van der Waals surface area contributed by atoms with Crippen molar-refractivity contribution in [2.75, 3.05) is 47.4 Å². The molecule has 0 aromatic carbocycles. The summed E-state index contributed by atoms with van der Waals surface area (Å²) in [5.74, 6) is 0. The topological polar surface area (TPSA) is 15.7 Å². The van der Waals surface area contributed by atoms with Crippen LogP contribution in [0.5, 0.6) is 0 Å². The predicted octanol–water partition coefficient (Wildman–Crippen LogP) is 0.905.